The summed E-state index contributed by atoms with van der Waals surface area (Å²) in [6.45, 7) is 5.37. The zero-order chi connectivity index (χ0) is 14.7. The molecule has 2 atom stereocenters. The summed E-state index contributed by atoms with van der Waals surface area (Å²) in [4.78, 5) is 0. The van der Waals surface area contributed by atoms with Crippen LogP contribution in [0.5, 0.6) is 0 Å². The second-order valence-corrected chi connectivity index (χ2v) is 7.86. The van der Waals surface area contributed by atoms with Crippen LogP contribution in [0.4, 0.5) is 0 Å². The highest BCUT2D eigenvalue weighted by Gasteiger charge is 2.38. The van der Waals surface area contributed by atoms with E-state index in [0.717, 1.165) is 13.0 Å². The third kappa shape index (κ3) is 3.82. The Kier molecular flexibility index (Phi) is 4.92. The number of aryl methyl sites for hydroxylation is 1. The molecule has 0 amide bonds. The molecule has 0 aliphatic carbocycles. The Morgan fingerprint density at radius 3 is 2.90 bits per heavy atom. The Balaban J connectivity index is 1.61. The number of ether oxygens (including phenoxy) is 1. The summed E-state index contributed by atoms with van der Waals surface area (Å²) in [5.74, 6) is 2.53. The molecule has 2 fully saturated rings. The van der Waals surface area contributed by atoms with E-state index in [2.05, 4.69) is 55.2 Å². The normalized spacial score (nSPS) is 26.7. The van der Waals surface area contributed by atoms with E-state index in [1.54, 1.807) is 0 Å². The van der Waals surface area contributed by atoms with Crippen LogP contribution in [0.15, 0.2) is 24.3 Å². The fourth-order valence-corrected chi connectivity index (χ4v) is 4.89. The summed E-state index contributed by atoms with van der Waals surface area (Å²) >= 11 is 2.08. The molecule has 3 heteroatoms. The van der Waals surface area contributed by atoms with Crippen LogP contribution >= 0.6 is 11.8 Å². The van der Waals surface area contributed by atoms with E-state index >= 15 is 0 Å². The van der Waals surface area contributed by atoms with Crippen molar-refractivity contribution in [3.8, 4) is 0 Å². The fraction of sp³-hybridized carbons (Fsp3) is 0.667. The second kappa shape index (κ2) is 6.72. The molecule has 0 radical (unpaired) electrons. The monoisotopic (exact) mass is 305 g/mol. The second-order valence-electron chi connectivity index (χ2n) is 6.64. The van der Waals surface area contributed by atoms with Crippen LogP contribution in [0.2, 0.25) is 0 Å². The van der Waals surface area contributed by atoms with Crippen molar-refractivity contribution in [1.82, 2.24) is 5.32 Å². The fourth-order valence-electron chi connectivity index (χ4n) is 3.65. The largest absolute Gasteiger partial charge is 0.375 e. The van der Waals surface area contributed by atoms with Gasteiger partial charge in [-0.25, -0.2) is 0 Å². The number of hydrogen-bond donors (Lipinski definition) is 1. The summed E-state index contributed by atoms with van der Waals surface area (Å²) in [5, 5.41) is 3.85. The number of hydrogen-bond acceptors (Lipinski definition) is 3. The lowest BCUT2D eigenvalue weighted by molar-refractivity contribution is -0.0940. The molecule has 2 saturated heterocycles. The number of rotatable bonds is 3. The average molecular weight is 305 g/mol. The smallest absolute Gasteiger partial charge is 0.0713 e. The van der Waals surface area contributed by atoms with Gasteiger partial charge in [0.25, 0.3) is 0 Å². The van der Waals surface area contributed by atoms with E-state index in [9.17, 15) is 0 Å². The van der Waals surface area contributed by atoms with Crippen molar-refractivity contribution in [2.24, 2.45) is 0 Å². The molecule has 1 spiro atoms. The van der Waals surface area contributed by atoms with Crippen molar-refractivity contribution in [1.29, 1.82) is 0 Å². The summed E-state index contributed by atoms with van der Waals surface area (Å²) in [6, 6.07) is 9.87. The van der Waals surface area contributed by atoms with Gasteiger partial charge in [0.2, 0.25) is 0 Å². The SMILES string of the molecule is Cc1cccc([C@H](C)NC2CCOC3(CCSCC3)C2)c1. The maximum Gasteiger partial charge on any atom is 0.0713 e. The molecular weight excluding hydrogens is 278 g/mol. The molecule has 21 heavy (non-hydrogen) atoms. The lowest BCUT2D eigenvalue weighted by Crippen LogP contribution is -2.49. The van der Waals surface area contributed by atoms with Gasteiger partial charge in [0, 0.05) is 18.7 Å². The van der Waals surface area contributed by atoms with E-state index < -0.39 is 0 Å². The van der Waals surface area contributed by atoms with Crippen molar-refractivity contribution < 1.29 is 4.74 Å². The summed E-state index contributed by atoms with van der Waals surface area (Å²) < 4.78 is 6.19. The van der Waals surface area contributed by atoms with Crippen LogP contribution < -0.4 is 5.32 Å². The predicted molar refractivity (Wildman–Crippen MR) is 91.0 cm³/mol. The Labute approximate surface area is 133 Å². The lowest BCUT2D eigenvalue weighted by Gasteiger charge is -2.44. The molecule has 0 saturated carbocycles. The van der Waals surface area contributed by atoms with E-state index in [1.807, 2.05) is 0 Å². The maximum atomic E-state index is 6.19. The van der Waals surface area contributed by atoms with Crippen LogP contribution in [-0.4, -0.2) is 29.8 Å². The molecular formula is C18H27NOS. The van der Waals surface area contributed by atoms with Gasteiger partial charge in [0.1, 0.15) is 0 Å². The van der Waals surface area contributed by atoms with E-state index in [4.69, 9.17) is 4.74 Å². The van der Waals surface area contributed by atoms with Gasteiger partial charge in [0.05, 0.1) is 5.60 Å². The van der Waals surface area contributed by atoms with Gasteiger partial charge in [-0.1, -0.05) is 29.8 Å². The lowest BCUT2D eigenvalue weighted by atomic mass is 9.85. The highest BCUT2D eigenvalue weighted by molar-refractivity contribution is 7.99. The van der Waals surface area contributed by atoms with E-state index in [0.29, 0.717) is 12.1 Å². The first-order valence-electron chi connectivity index (χ1n) is 8.21. The van der Waals surface area contributed by atoms with Gasteiger partial charge < -0.3 is 10.1 Å². The van der Waals surface area contributed by atoms with Crippen molar-refractivity contribution in [2.75, 3.05) is 18.1 Å². The Bertz CT molecular complexity index is 465. The third-order valence-electron chi connectivity index (χ3n) is 4.92. The highest BCUT2D eigenvalue weighted by atomic mass is 32.2. The number of benzene rings is 1. The third-order valence-corrected chi connectivity index (χ3v) is 5.91. The van der Waals surface area contributed by atoms with Gasteiger partial charge in [-0.2, -0.15) is 11.8 Å². The van der Waals surface area contributed by atoms with Crippen LogP contribution in [0.25, 0.3) is 0 Å². The molecule has 2 aliphatic heterocycles. The Hall–Kier alpha value is -0.510. The van der Waals surface area contributed by atoms with Crippen LogP contribution in [0, 0.1) is 6.92 Å². The molecule has 0 bridgehead atoms. The van der Waals surface area contributed by atoms with Crippen molar-refractivity contribution in [3.63, 3.8) is 0 Å². The van der Waals surface area contributed by atoms with Crippen molar-refractivity contribution in [2.45, 2.75) is 57.2 Å². The molecule has 0 aromatic heterocycles. The summed E-state index contributed by atoms with van der Waals surface area (Å²) in [5.41, 5.74) is 2.91. The topological polar surface area (TPSA) is 21.3 Å². The predicted octanol–water partition coefficient (Wildman–Crippen LogP) is 4.09. The molecule has 1 N–H and O–H groups in total. The number of nitrogens with one attached hydrogen (secondary N) is 1. The van der Waals surface area contributed by atoms with Gasteiger partial charge >= 0.3 is 0 Å². The highest BCUT2D eigenvalue weighted by Crippen LogP contribution is 2.38. The van der Waals surface area contributed by atoms with Gasteiger partial charge in [-0.15, -0.1) is 0 Å². The maximum absolute atomic E-state index is 6.19. The summed E-state index contributed by atoms with van der Waals surface area (Å²) in [6.07, 6.45) is 4.79. The quantitative estimate of drug-likeness (QED) is 0.909. The standard InChI is InChI=1S/C18H27NOS/c1-14-4-3-5-16(12-14)15(2)19-17-6-9-20-18(13-17)7-10-21-11-8-18/h3-5,12,15,17,19H,6-11,13H2,1-2H3/t15-,17?/m0/s1. The molecule has 2 aliphatic rings. The van der Waals surface area contributed by atoms with Crippen LogP contribution in [0.1, 0.15) is 49.8 Å². The zero-order valence-corrected chi connectivity index (χ0v) is 14.0. The molecule has 1 aromatic rings. The zero-order valence-electron chi connectivity index (χ0n) is 13.2. The first kappa shape index (κ1) is 15.4. The van der Waals surface area contributed by atoms with Gasteiger partial charge in [-0.05, 0) is 56.6 Å². The first-order valence-corrected chi connectivity index (χ1v) is 9.37. The Morgan fingerprint density at radius 2 is 2.14 bits per heavy atom. The molecule has 2 nitrogen and oxygen atoms in total. The van der Waals surface area contributed by atoms with Gasteiger partial charge in [0.15, 0.2) is 0 Å². The van der Waals surface area contributed by atoms with E-state index in [-0.39, 0.29) is 5.60 Å². The number of thioether (sulfide) groups is 1. The molecule has 116 valence electrons. The van der Waals surface area contributed by atoms with Crippen molar-refractivity contribution in [3.05, 3.63) is 35.4 Å². The van der Waals surface area contributed by atoms with Crippen molar-refractivity contribution >= 4 is 11.8 Å². The minimum absolute atomic E-state index is 0.174. The Morgan fingerprint density at radius 1 is 1.33 bits per heavy atom. The molecule has 3 rings (SSSR count). The average Bonchev–Trinajstić information content (AvgIpc) is 2.48. The minimum Gasteiger partial charge on any atom is -0.375 e. The summed E-state index contributed by atoms with van der Waals surface area (Å²) in [7, 11) is 0. The van der Waals surface area contributed by atoms with E-state index in [1.165, 1.54) is 41.9 Å². The molecule has 2 heterocycles. The molecule has 1 unspecified atom stereocenters. The molecule has 1 aromatic carbocycles. The minimum atomic E-state index is 0.174. The first-order chi connectivity index (χ1) is 10.2. The van der Waals surface area contributed by atoms with Gasteiger partial charge in [-0.3, -0.25) is 0 Å². The van der Waals surface area contributed by atoms with Crippen LogP contribution in [-0.2, 0) is 4.74 Å². The van der Waals surface area contributed by atoms with Crippen LogP contribution in [0.3, 0.4) is 0 Å².